The average Bonchev–Trinajstić information content (AvgIpc) is 0.728. The van der Waals surface area contributed by atoms with Gasteiger partial charge in [-0.15, -0.1) is 0 Å². The molecule has 8 saturated carbocycles. The van der Waals surface area contributed by atoms with Crippen LogP contribution in [0.1, 0.15) is 183 Å². The van der Waals surface area contributed by atoms with Gasteiger partial charge in [-0.3, -0.25) is 30.0 Å². The summed E-state index contributed by atoms with van der Waals surface area (Å²) in [5.41, 5.74) is 19.4. The topological polar surface area (TPSA) is 215 Å². The fourth-order valence-electron chi connectivity index (χ4n) is 19.8. The van der Waals surface area contributed by atoms with Gasteiger partial charge in [0.2, 0.25) is 0 Å². The van der Waals surface area contributed by atoms with Gasteiger partial charge in [0, 0.05) is 265 Å². The first-order valence-electron chi connectivity index (χ1n) is 44.0. The zero-order chi connectivity index (χ0) is 103. The van der Waals surface area contributed by atoms with Crippen LogP contribution in [-0.4, -0.2) is 195 Å². The second-order valence-electron chi connectivity index (χ2n) is 36.6. The number of anilines is 6. The summed E-state index contributed by atoms with van der Waals surface area (Å²) in [5.74, 6) is 7.44. The number of phenolic OH excluding ortho intramolecular Hbond substituents is 6. The Morgan fingerprint density at radius 1 is 0.279 bits per heavy atom. The van der Waals surface area contributed by atoms with Crippen LogP contribution in [0.5, 0.6) is 34.5 Å². The molecule has 0 unspecified atom stereocenters. The number of hydrogen-bond donors (Lipinski definition) is 6. The van der Waals surface area contributed by atoms with Crippen LogP contribution in [0.15, 0.2) is 163 Å². The Balaban J connectivity index is 0.000000408. The SMILES string of the molecule is CN=Cc1cc(N(C)C)cc(C(C)(C)c2ccccc2)c1O.CN=Cc1cc(N(C)C)cc(C(C)(C)c2ccccc2)c1O.CN=Cc1cc(N(C)C)cc(C)c1O.CN=Cc1cc(N(C)C)cc(C)c1O.CN=Cc1cc(N(C)C)cc(C23CC4CC(CC(C4)C2)C3)c1O.CN=Cc1cc(N(C)C)cc(C23CC4CC(CC(C4)C2)C3)c1O.[Cl][Zr][Cl].[Cl][Zr][Cl].[Cl][Zr][Cl].[Cl][Zr][Cl].[Cl][Zr][Cl].[Cl][Zr][Cl]. The molecule has 0 atom stereocenters. The number of aromatic hydroxyl groups is 6. The van der Waals surface area contributed by atoms with Crippen LogP contribution in [0, 0.1) is 49.4 Å². The van der Waals surface area contributed by atoms with Crippen molar-refractivity contribution in [1.29, 1.82) is 0 Å². The Morgan fingerprint density at radius 2 is 0.456 bits per heavy atom. The summed E-state index contributed by atoms with van der Waals surface area (Å²) in [4.78, 5) is 36.6. The van der Waals surface area contributed by atoms with E-state index in [2.05, 4.69) is 144 Å². The molecule has 8 aromatic carbocycles. The van der Waals surface area contributed by atoms with Crippen LogP contribution in [0.3, 0.4) is 0 Å². The molecule has 0 saturated heterocycles. The second kappa shape index (κ2) is 65.7. The molecule has 16 rings (SSSR count). The van der Waals surface area contributed by atoms with Crippen molar-refractivity contribution < 1.29 is 156 Å². The average molecular weight is 2580 g/mol. The van der Waals surface area contributed by atoms with Gasteiger partial charge in [-0.2, -0.15) is 0 Å². The molecule has 0 aromatic heterocycles. The predicted octanol–water partition coefficient (Wildman–Crippen LogP) is 27.5. The molecule has 0 amide bonds. The van der Waals surface area contributed by atoms with Crippen molar-refractivity contribution in [3.8, 4) is 34.5 Å². The summed E-state index contributed by atoms with van der Waals surface area (Å²) < 4.78 is 0. The van der Waals surface area contributed by atoms with Gasteiger partial charge in [0.15, 0.2) is 0 Å². The van der Waals surface area contributed by atoms with Gasteiger partial charge < -0.3 is 60.0 Å². The molecule has 740 valence electrons. The van der Waals surface area contributed by atoms with Crippen LogP contribution < -0.4 is 29.4 Å². The van der Waals surface area contributed by atoms with Gasteiger partial charge in [-0.1, -0.05) is 88.4 Å². The third-order valence-electron chi connectivity index (χ3n) is 25.4. The van der Waals surface area contributed by atoms with Crippen molar-refractivity contribution in [2.75, 3.05) is 156 Å². The molecule has 18 nitrogen and oxygen atoms in total. The summed E-state index contributed by atoms with van der Waals surface area (Å²) in [6.07, 6.45) is 26.5. The van der Waals surface area contributed by atoms with Crippen LogP contribution >= 0.6 is 102 Å². The molecule has 8 aliphatic carbocycles. The van der Waals surface area contributed by atoms with Crippen molar-refractivity contribution in [3.05, 3.63) is 211 Å². The number of rotatable bonds is 18. The zero-order valence-electron chi connectivity index (χ0n) is 82.7. The van der Waals surface area contributed by atoms with Crippen molar-refractivity contribution in [1.82, 2.24) is 0 Å². The quantitative estimate of drug-likeness (QED) is 0.0443. The Morgan fingerprint density at radius 3 is 0.647 bits per heavy atom. The van der Waals surface area contributed by atoms with Gasteiger partial charge >= 0.3 is 227 Å². The van der Waals surface area contributed by atoms with E-state index in [9.17, 15) is 30.6 Å². The van der Waals surface area contributed by atoms with Gasteiger partial charge in [0.25, 0.3) is 0 Å². The molecule has 0 aliphatic heterocycles. The molecule has 0 spiro atoms. The molecule has 0 radical (unpaired) electrons. The second-order valence-corrected chi connectivity index (χ2v) is 59.0. The third-order valence-corrected chi connectivity index (χ3v) is 25.4. The van der Waals surface area contributed by atoms with E-state index < -0.39 is 125 Å². The first-order chi connectivity index (χ1) is 64.4. The molecule has 0 heterocycles. The van der Waals surface area contributed by atoms with E-state index >= 15 is 0 Å². The summed E-state index contributed by atoms with van der Waals surface area (Å²) in [5, 5.41) is 62.8. The van der Waals surface area contributed by atoms with Crippen LogP contribution in [0.25, 0.3) is 0 Å². The van der Waals surface area contributed by atoms with Crippen molar-refractivity contribution in [3.63, 3.8) is 0 Å². The normalized spacial score (nSPS) is 18.6. The van der Waals surface area contributed by atoms with Gasteiger partial charge in [-0.25, -0.2) is 0 Å². The van der Waals surface area contributed by atoms with E-state index in [1.54, 1.807) is 79.6 Å². The molecular formula is C100H136Cl12N12O6Zr6. The molecule has 6 N–H and O–H groups in total. The zero-order valence-corrected chi connectivity index (χ0v) is 107. The van der Waals surface area contributed by atoms with Crippen molar-refractivity contribution in [2.24, 2.45) is 65.5 Å². The summed E-state index contributed by atoms with van der Waals surface area (Å²) in [6, 6.07) is 44.8. The first-order valence-corrected chi connectivity index (χ1v) is 82.0. The molecule has 8 aromatic rings. The predicted molar refractivity (Wildman–Crippen MR) is 572 cm³/mol. The first kappa shape index (κ1) is 128. The van der Waals surface area contributed by atoms with E-state index in [0.717, 1.165) is 114 Å². The Kier molecular flexibility index (Phi) is 62.0. The Bertz CT molecular complexity index is 4730. The summed E-state index contributed by atoms with van der Waals surface area (Å²) in [7, 11) is 93.7. The number of aryl methyl sites for hydroxylation is 2. The number of nitrogens with zero attached hydrogens (tertiary/aromatic N) is 12. The van der Waals surface area contributed by atoms with Gasteiger partial charge in [0.1, 0.15) is 34.5 Å². The van der Waals surface area contributed by atoms with E-state index in [1.165, 1.54) is 111 Å². The standard InChI is InChI=1S/2C20H28N2O.2C19H24N2O.2C11H16N2O.12ClH.6Zr/c2*1-21-12-16-7-17(22(2)3)8-18(19(16)23)20-9-13-4-14(10-20)6-15(5-13)11-20;2*1-19(2,15-9-7-6-8-10-15)17-12-16(21(4)5)11-14(13-20-3)18(17)22;2*1-8-5-10(13(3)4)6-9(7-12-2)11(8)14;;;;;;;;;;;;;;;;;;/h2*7-8,12-15,23H,4-6,9-11H2,1-3H3;2*6-13,22H,1-5H3;2*5-7,14H,1-4H3;12*1H;;;;;;/q;;;;;;;;;;;;;;;;;;6*+2/p-12. The number of benzene rings is 8. The van der Waals surface area contributed by atoms with E-state index in [1.807, 2.05) is 175 Å². The van der Waals surface area contributed by atoms with Crippen molar-refractivity contribution >= 4 is 174 Å². The fraction of sp³-hybridized carbons (Fsp3) is 0.460. The molecule has 136 heavy (non-hydrogen) atoms. The third kappa shape index (κ3) is 38.8. The van der Waals surface area contributed by atoms with Crippen molar-refractivity contribution in [2.45, 2.75) is 140 Å². The van der Waals surface area contributed by atoms with Gasteiger partial charge in [-0.05, 0) is 232 Å². The van der Waals surface area contributed by atoms with Crippen LogP contribution in [0.4, 0.5) is 34.1 Å². The maximum absolute atomic E-state index is 11.0. The minimum absolute atomic E-state index is 0.210. The number of halogens is 12. The number of phenols is 6. The monoisotopic (exact) mass is 2560 g/mol. The van der Waals surface area contributed by atoms with Crippen LogP contribution in [0.2, 0.25) is 0 Å². The maximum atomic E-state index is 11.0. The molecule has 8 fully saturated rings. The van der Waals surface area contributed by atoms with E-state index in [4.69, 9.17) is 102 Å². The summed E-state index contributed by atoms with van der Waals surface area (Å²) >= 11 is -4.95. The summed E-state index contributed by atoms with van der Waals surface area (Å²) in [6.45, 7) is 12.3. The Labute approximate surface area is 924 Å². The minimum atomic E-state index is -0.826. The molecule has 36 heteroatoms. The van der Waals surface area contributed by atoms with E-state index in [0.29, 0.717) is 34.5 Å². The number of hydrogen-bond acceptors (Lipinski definition) is 18. The van der Waals surface area contributed by atoms with E-state index in [-0.39, 0.29) is 21.7 Å². The fourth-order valence-corrected chi connectivity index (χ4v) is 19.8. The molecule has 8 bridgehead atoms. The molecular weight excluding hydrogens is 2440 g/mol. The Hall–Kier alpha value is -1.84. The van der Waals surface area contributed by atoms with Gasteiger partial charge in [0.05, 0.1) is 0 Å². The number of aliphatic imine (C=N–C) groups is 6. The van der Waals surface area contributed by atoms with Crippen LogP contribution in [-0.2, 0) is 147 Å². The molecule has 8 aliphatic rings.